The molecule has 0 bridgehead atoms. The minimum Gasteiger partial charge on any atom is -0.332 e. The number of sulfonamides is 1. The summed E-state index contributed by atoms with van der Waals surface area (Å²) in [6.07, 6.45) is 0. The molecule has 0 saturated carbocycles. The van der Waals surface area contributed by atoms with Crippen molar-refractivity contribution in [2.75, 3.05) is 10.6 Å². The number of rotatable bonds is 5. The zero-order chi connectivity index (χ0) is 21.7. The summed E-state index contributed by atoms with van der Waals surface area (Å²) in [4.78, 5) is 12.1. The first kappa shape index (κ1) is 21.5. The highest BCUT2D eigenvalue weighted by Crippen LogP contribution is 2.19. The molecule has 0 aliphatic heterocycles. The molecule has 3 aromatic rings. The van der Waals surface area contributed by atoms with E-state index in [1.54, 1.807) is 42.5 Å². The lowest BCUT2D eigenvalue weighted by Crippen LogP contribution is -2.30. The van der Waals surface area contributed by atoms with Gasteiger partial charge >= 0.3 is 0 Å². The molecule has 30 heavy (non-hydrogen) atoms. The maximum atomic E-state index is 12.5. The molecule has 154 valence electrons. The number of benzene rings is 3. The number of anilines is 2. The van der Waals surface area contributed by atoms with Gasteiger partial charge < -0.3 is 10.6 Å². The normalized spacial score (nSPS) is 10.9. The molecule has 3 aromatic carbocycles. The fourth-order valence-electron chi connectivity index (χ4n) is 2.72. The van der Waals surface area contributed by atoms with Crippen LogP contribution in [0.25, 0.3) is 0 Å². The van der Waals surface area contributed by atoms with Crippen molar-refractivity contribution < 1.29 is 13.2 Å². The molecule has 0 spiro atoms. The van der Waals surface area contributed by atoms with Crippen LogP contribution in [0.5, 0.6) is 0 Å². The first-order chi connectivity index (χ1) is 14.3. The van der Waals surface area contributed by atoms with Gasteiger partial charge in [-0.15, -0.1) is 0 Å². The number of hydrogen-bond acceptors (Lipinski definition) is 4. The molecular weight excluding hydrogens is 418 g/mol. The summed E-state index contributed by atoms with van der Waals surface area (Å²) in [5, 5.41) is 6.54. The number of amides is 1. The zero-order valence-corrected chi connectivity index (χ0v) is 18.1. The lowest BCUT2D eigenvalue weighted by Gasteiger charge is -2.14. The predicted molar refractivity (Wildman–Crippen MR) is 123 cm³/mol. The number of hydrogen-bond donors (Lipinski definition) is 3. The summed E-state index contributed by atoms with van der Waals surface area (Å²) in [6, 6.07) is 20.0. The highest BCUT2D eigenvalue weighted by molar-refractivity contribution is 7.90. The van der Waals surface area contributed by atoms with Gasteiger partial charge in [-0.3, -0.25) is 4.79 Å². The van der Waals surface area contributed by atoms with Crippen LogP contribution in [0.2, 0.25) is 0 Å². The quantitative estimate of drug-likeness (QED) is 0.516. The number of nitrogens with one attached hydrogen (secondary N) is 3. The molecule has 0 aliphatic rings. The summed E-state index contributed by atoms with van der Waals surface area (Å²) in [5.74, 6) is -0.684. The Kier molecular flexibility index (Phi) is 6.49. The fourth-order valence-corrected chi connectivity index (χ4v) is 3.92. The number of thiocarbonyl (C=S) groups is 1. The Morgan fingerprint density at radius 2 is 1.50 bits per heavy atom. The van der Waals surface area contributed by atoms with Gasteiger partial charge in [0.05, 0.1) is 4.90 Å². The molecule has 0 heterocycles. The van der Waals surface area contributed by atoms with Gasteiger partial charge in [0.2, 0.25) is 0 Å². The van der Waals surface area contributed by atoms with Crippen molar-refractivity contribution in [3.8, 4) is 0 Å². The SMILES string of the molecule is Cc1cccc(NC(=S)Nc2ccc(S(=O)(=O)NC(=O)c3ccccc3)cc2)c1C. The Hall–Kier alpha value is -3.23. The standard InChI is InChI=1S/C22H21N3O3S2/c1-15-7-6-10-20(16(15)2)24-22(29)23-18-11-13-19(14-12-18)30(27,28)25-21(26)17-8-4-3-5-9-17/h3-14H,1-2H3,(H,25,26)(H2,23,24,29). The van der Waals surface area contributed by atoms with Gasteiger partial charge in [-0.2, -0.15) is 0 Å². The topological polar surface area (TPSA) is 87.3 Å². The van der Waals surface area contributed by atoms with E-state index in [1.165, 1.54) is 12.1 Å². The molecule has 1 amide bonds. The van der Waals surface area contributed by atoms with Gasteiger partial charge in [-0.25, -0.2) is 13.1 Å². The summed E-state index contributed by atoms with van der Waals surface area (Å²) in [7, 11) is -3.99. The number of aryl methyl sites for hydroxylation is 1. The van der Waals surface area contributed by atoms with Crippen molar-refractivity contribution in [2.24, 2.45) is 0 Å². The van der Waals surface area contributed by atoms with Crippen LogP contribution < -0.4 is 15.4 Å². The van der Waals surface area contributed by atoms with Gasteiger partial charge in [-0.05, 0) is 79.7 Å². The van der Waals surface area contributed by atoms with Crippen molar-refractivity contribution in [2.45, 2.75) is 18.7 Å². The van der Waals surface area contributed by atoms with Gasteiger partial charge in [0.25, 0.3) is 15.9 Å². The van der Waals surface area contributed by atoms with Crippen molar-refractivity contribution in [3.05, 3.63) is 89.5 Å². The second kappa shape index (κ2) is 9.06. The van der Waals surface area contributed by atoms with Crippen LogP contribution in [0, 0.1) is 13.8 Å². The van der Waals surface area contributed by atoms with Crippen molar-refractivity contribution >= 4 is 44.6 Å². The summed E-state index contributed by atoms with van der Waals surface area (Å²) in [5.41, 5.74) is 4.02. The third-order valence-electron chi connectivity index (χ3n) is 4.54. The molecule has 0 fully saturated rings. The highest BCUT2D eigenvalue weighted by atomic mass is 32.2. The van der Waals surface area contributed by atoms with Crippen molar-refractivity contribution in [3.63, 3.8) is 0 Å². The summed E-state index contributed by atoms with van der Waals surface area (Å²) < 4.78 is 27.0. The molecule has 0 saturated heterocycles. The van der Waals surface area contributed by atoms with Crippen LogP contribution >= 0.6 is 12.2 Å². The number of carbonyl (C=O) groups excluding carboxylic acids is 1. The van der Waals surface area contributed by atoms with Crippen LogP contribution in [0.1, 0.15) is 21.5 Å². The average molecular weight is 440 g/mol. The molecule has 0 radical (unpaired) electrons. The van der Waals surface area contributed by atoms with E-state index in [2.05, 4.69) is 15.4 Å². The minimum atomic E-state index is -3.99. The van der Waals surface area contributed by atoms with E-state index in [0.29, 0.717) is 10.8 Å². The van der Waals surface area contributed by atoms with Gasteiger partial charge in [0.15, 0.2) is 5.11 Å². The number of carbonyl (C=O) groups is 1. The highest BCUT2D eigenvalue weighted by Gasteiger charge is 2.18. The van der Waals surface area contributed by atoms with E-state index >= 15 is 0 Å². The predicted octanol–water partition coefficient (Wildman–Crippen LogP) is 4.23. The maximum absolute atomic E-state index is 12.5. The van der Waals surface area contributed by atoms with Crippen LogP contribution in [-0.2, 0) is 10.0 Å². The van der Waals surface area contributed by atoms with E-state index in [4.69, 9.17) is 12.2 Å². The Morgan fingerprint density at radius 3 is 2.17 bits per heavy atom. The summed E-state index contributed by atoms with van der Waals surface area (Å²) in [6.45, 7) is 4.02. The zero-order valence-electron chi connectivity index (χ0n) is 16.5. The minimum absolute atomic E-state index is 0.0225. The van der Waals surface area contributed by atoms with E-state index in [1.807, 2.05) is 32.0 Å². The third-order valence-corrected chi connectivity index (χ3v) is 6.09. The third kappa shape index (κ3) is 5.22. The Labute approximate surface area is 181 Å². The molecule has 6 nitrogen and oxygen atoms in total. The molecule has 3 rings (SSSR count). The Morgan fingerprint density at radius 1 is 0.833 bits per heavy atom. The van der Waals surface area contributed by atoms with E-state index in [0.717, 1.165) is 16.8 Å². The van der Waals surface area contributed by atoms with Crippen LogP contribution in [-0.4, -0.2) is 19.4 Å². The largest absolute Gasteiger partial charge is 0.332 e. The average Bonchev–Trinajstić information content (AvgIpc) is 2.72. The smallest absolute Gasteiger partial charge is 0.264 e. The lowest BCUT2D eigenvalue weighted by atomic mass is 10.1. The van der Waals surface area contributed by atoms with Crippen LogP contribution in [0.4, 0.5) is 11.4 Å². The van der Waals surface area contributed by atoms with Gasteiger partial charge in [0, 0.05) is 16.9 Å². The monoisotopic (exact) mass is 439 g/mol. The van der Waals surface area contributed by atoms with E-state index in [9.17, 15) is 13.2 Å². The van der Waals surface area contributed by atoms with Gasteiger partial charge in [0.1, 0.15) is 0 Å². The van der Waals surface area contributed by atoms with Gasteiger partial charge in [-0.1, -0.05) is 30.3 Å². The van der Waals surface area contributed by atoms with Crippen molar-refractivity contribution in [1.29, 1.82) is 0 Å². The lowest BCUT2D eigenvalue weighted by molar-refractivity contribution is 0.0981. The first-order valence-corrected chi connectivity index (χ1v) is 11.0. The Bertz CT molecular complexity index is 1180. The second-order valence-corrected chi connectivity index (χ2v) is 8.74. The molecule has 0 unspecified atom stereocenters. The molecule has 8 heteroatoms. The molecule has 0 aliphatic carbocycles. The Balaban J connectivity index is 1.66. The maximum Gasteiger partial charge on any atom is 0.264 e. The molecule has 0 atom stereocenters. The first-order valence-electron chi connectivity index (χ1n) is 9.13. The molecule has 0 aromatic heterocycles. The molecular formula is C22H21N3O3S2. The summed E-state index contributed by atoms with van der Waals surface area (Å²) >= 11 is 5.34. The van der Waals surface area contributed by atoms with E-state index < -0.39 is 15.9 Å². The fraction of sp³-hybridized carbons (Fsp3) is 0.0909. The van der Waals surface area contributed by atoms with Crippen LogP contribution in [0.3, 0.4) is 0 Å². The van der Waals surface area contributed by atoms with E-state index in [-0.39, 0.29) is 10.5 Å². The van der Waals surface area contributed by atoms with Crippen molar-refractivity contribution in [1.82, 2.24) is 4.72 Å². The molecule has 3 N–H and O–H groups in total. The second-order valence-electron chi connectivity index (χ2n) is 6.65. The van der Waals surface area contributed by atoms with Crippen LogP contribution in [0.15, 0.2) is 77.7 Å².